The van der Waals surface area contributed by atoms with Crippen LogP contribution in [0, 0.1) is 6.92 Å². The maximum Gasteiger partial charge on any atom is 0.117 e. The van der Waals surface area contributed by atoms with Gasteiger partial charge in [-0.25, -0.2) is 0 Å². The highest BCUT2D eigenvalue weighted by molar-refractivity contribution is 5.05. The van der Waals surface area contributed by atoms with E-state index in [4.69, 9.17) is 4.42 Å². The summed E-state index contributed by atoms with van der Waals surface area (Å²) in [7, 11) is 0. The van der Waals surface area contributed by atoms with E-state index in [1.807, 2.05) is 13.0 Å². The zero-order chi connectivity index (χ0) is 13.0. The molecule has 0 radical (unpaired) electrons. The second-order valence-electron chi connectivity index (χ2n) is 5.98. The Morgan fingerprint density at radius 2 is 1.94 bits per heavy atom. The first-order valence-corrected chi connectivity index (χ1v) is 7.09. The average Bonchev–Trinajstić information content (AvgIpc) is 2.76. The van der Waals surface area contributed by atoms with E-state index in [-0.39, 0.29) is 5.54 Å². The van der Waals surface area contributed by atoms with Crippen molar-refractivity contribution in [3.05, 3.63) is 23.7 Å². The van der Waals surface area contributed by atoms with Gasteiger partial charge in [-0.1, -0.05) is 6.42 Å². The van der Waals surface area contributed by atoms with Crippen LogP contribution < -0.4 is 5.32 Å². The Labute approximate surface area is 111 Å². The van der Waals surface area contributed by atoms with Crippen molar-refractivity contribution in [1.82, 2.24) is 10.2 Å². The van der Waals surface area contributed by atoms with E-state index in [1.165, 1.54) is 32.4 Å². The van der Waals surface area contributed by atoms with Crippen molar-refractivity contribution >= 4 is 0 Å². The van der Waals surface area contributed by atoms with Crippen LogP contribution >= 0.6 is 0 Å². The molecular formula is C15H26N2O. The summed E-state index contributed by atoms with van der Waals surface area (Å²) in [6, 6.07) is 4.07. The predicted molar refractivity (Wildman–Crippen MR) is 74.7 cm³/mol. The molecule has 1 aromatic heterocycles. The largest absolute Gasteiger partial charge is 0.465 e. The first-order chi connectivity index (χ1) is 8.58. The van der Waals surface area contributed by atoms with Crippen LogP contribution in [0.25, 0.3) is 0 Å². The molecule has 0 unspecified atom stereocenters. The molecule has 1 fully saturated rings. The summed E-state index contributed by atoms with van der Waals surface area (Å²) in [5, 5.41) is 3.52. The molecule has 0 amide bonds. The molecular weight excluding hydrogens is 224 g/mol. The first kappa shape index (κ1) is 13.6. The number of nitrogens with one attached hydrogen (secondary N) is 1. The van der Waals surface area contributed by atoms with Crippen molar-refractivity contribution in [1.29, 1.82) is 0 Å². The summed E-state index contributed by atoms with van der Waals surface area (Å²) < 4.78 is 5.57. The summed E-state index contributed by atoms with van der Waals surface area (Å²) in [5.74, 6) is 2.02. The molecule has 1 aliphatic heterocycles. The SMILES string of the molecule is Cc1ccc(CNCC(C)(C)N2CCCCC2)o1. The molecule has 3 nitrogen and oxygen atoms in total. The van der Waals surface area contributed by atoms with Gasteiger partial charge in [0, 0.05) is 12.1 Å². The number of hydrogen-bond donors (Lipinski definition) is 1. The molecule has 1 aliphatic rings. The Morgan fingerprint density at radius 1 is 1.22 bits per heavy atom. The van der Waals surface area contributed by atoms with Crippen LogP contribution in [-0.2, 0) is 6.54 Å². The van der Waals surface area contributed by atoms with Crippen LogP contribution in [0.1, 0.15) is 44.6 Å². The monoisotopic (exact) mass is 250 g/mol. The fraction of sp³-hybridized carbons (Fsp3) is 0.733. The van der Waals surface area contributed by atoms with Gasteiger partial charge in [0.2, 0.25) is 0 Å². The number of hydrogen-bond acceptors (Lipinski definition) is 3. The smallest absolute Gasteiger partial charge is 0.117 e. The Kier molecular flexibility index (Phi) is 4.46. The number of aryl methyl sites for hydroxylation is 1. The average molecular weight is 250 g/mol. The number of rotatable bonds is 5. The molecule has 0 bridgehead atoms. The highest BCUT2D eigenvalue weighted by atomic mass is 16.3. The molecule has 102 valence electrons. The lowest BCUT2D eigenvalue weighted by Crippen LogP contribution is -2.52. The second-order valence-corrected chi connectivity index (χ2v) is 5.98. The van der Waals surface area contributed by atoms with Crippen molar-refractivity contribution in [3.8, 4) is 0 Å². The van der Waals surface area contributed by atoms with Crippen LogP contribution in [0.4, 0.5) is 0 Å². The van der Waals surface area contributed by atoms with Gasteiger partial charge in [-0.15, -0.1) is 0 Å². The number of nitrogens with zero attached hydrogens (tertiary/aromatic N) is 1. The van der Waals surface area contributed by atoms with Crippen LogP contribution in [0.3, 0.4) is 0 Å². The summed E-state index contributed by atoms with van der Waals surface area (Å²) in [6.45, 7) is 11.0. The van der Waals surface area contributed by atoms with Crippen LogP contribution in [0.5, 0.6) is 0 Å². The first-order valence-electron chi connectivity index (χ1n) is 7.09. The Hall–Kier alpha value is -0.800. The van der Waals surface area contributed by atoms with Gasteiger partial charge in [0.05, 0.1) is 6.54 Å². The van der Waals surface area contributed by atoms with Crippen molar-refractivity contribution < 1.29 is 4.42 Å². The summed E-state index contributed by atoms with van der Waals surface area (Å²) in [5.41, 5.74) is 0.238. The maximum absolute atomic E-state index is 5.57. The van der Waals surface area contributed by atoms with Gasteiger partial charge in [-0.05, 0) is 58.8 Å². The number of likely N-dealkylation sites (tertiary alicyclic amines) is 1. The topological polar surface area (TPSA) is 28.4 Å². The minimum atomic E-state index is 0.238. The Bertz CT molecular complexity index is 364. The molecule has 1 aromatic rings. The number of furan rings is 1. The van der Waals surface area contributed by atoms with E-state index < -0.39 is 0 Å². The van der Waals surface area contributed by atoms with Gasteiger partial charge in [0.15, 0.2) is 0 Å². The summed E-state index contributed by atoms with van der Waals surface area (Å²) in [4.78, 5) is 2.61. The fourth-order valence-electron chi connectivity index (χ4n) is 2.68. The normalized spacial score (nSPS) is 18.2. The van der Waals surface area contributed by atoms with Gasteiger partial charge < -0.3 is 9.73 Å². The van der Waals surface area contributed by atoms with Crippen molar-refractivity contribution in [2.24, 2.45) is 0 Å². The van der Waals surface area contributed by atoms with E-state index in [9.17, 15) is 0 Å². The van der Waals surface area contributed by atoms with Gasteiger partial charge in [-0.3, -0.25) is 4.90 Å². The van der Waals surface area contributed by atoms with Gasteiger partial charge in [0.25, 0.3) is 0 Å². The van der Waals surface area contributed by atoms with Crippen molar-refractivity contribution in [2.45, 2.75) is 52.1 Å². The molecule has 2 rings (SSSR count). The van der Waals surface area contributed by atoms with Gasteiger partial charge >= 0.3 is 0 Å². The van der Waals surface area contributed by atoms with Crippen molar-refractivity contribution in [2.75, 3.05) is 19.6 Å². The van der Waals surface area contributed by atoms with Crippen LogP contribution in [0.2, 0.25) is 0 Å². The third-order valence-corrected chi connectivity index (χ3v) is 3.86. The molecule has 0 aliphatic carbocycles. The van der Waals surface area contributed by atoms with E-state index in [0.717, 1.165) is 24.6 Å². The van der Waals surface area contributed by atoms with Gasteiger partial charge in [0.1, 0.15) is 11.5 Å². The van der Waals surface area contributed by atoms with E-state index in [0.29, 0.717) is 0 Å². The fourth-order valence-corrected chi connectivity index (χ4v) is 2.68. The van der Waals surface area contributed by atoms with E-state index in [2.05, 4.69) is 30.1 Å². The molecule has 0 spiro atoms. The molecule has 2 heterocycles. The molecule has 18 heavy (non-hydrogen) atoms. The summed E-state index contributed by atoms with van der Waals surface area (Å²) in [6.07, 6.45) is 4.09. The van der Waals surface area contributed by atoms with Crippen LogP contribution in [-0.4, -0.2) is 30.1 Å². The van der Waals surface area contributed by atoms with Crippen LogP contribution in [0.15, 0.2) is 16.5 Å². The third kappa shape index (κ3) is 3.59. The third-order valence-electron chi connectivity index (χ3n) is 3.86. The highest BCUT2D eigenvalue weighted by Crippen LogP contribution is 2.20. The predicted octanol–water partition coefficient (Wildman–Crippen LogP) is 2.94. The summed E-state index contributed by atoms with van der Waals surface area (Å²) >= 11 is 0. The quantitative estimate of drug-likeness (QED) is 0.871. The van der Waals surface area contributed by atoms with Gasteiger partial charge in [-0.2, -0.15) is 0 Å². The standard InChI is InChI=1S/C15H26N2O/c1-13-7-8-14(18-13)11-16-12-15(2,3)17-9-5-4-6-10-17/h7-8,16H,4-6,9-12H2,1-3H3. The van der Waals surface area contributed by atoms with E-state index >= 15 is 0 Å². The van der Waals surface area contributed by atoms with Crippen molar-refractivity contribution in [3.63, 3.8) is 0 Å². The minimum Gasteiger partial charge on any atom is -0.465 e. The second kappa shape index (κ2) is 5.89. The zero-order valence-electron chi connectivity index (χ0n) is 12.0. The molecule has 0 aromatic carbocycles. The molecule has 1 N–H and O–H groups in total. The molecule has 0 atom stereocenters. The number of piperidine rings is 1. The Balaban J connectivity index is 1.77. The maximum atomic E-state index is 5.57. The zero-order valence-corrected chi connectivity index (χ0v) is 12.0. The molecule has 1 saturated heterocycles. The lowest BCUT2D eigenvalue weighted by atomic mass is 9.98. The molecule has 3 heteroatoms. The van der Waals surface area contributed by atoms with E-state index in [1.54, 1.807) is 0 Å². The minimum absolute atomic E-state index is 0.238. The molecule has 0 saturated carbocycles. The lowest BCUT2D eigenvalue weighted by Gasteiger charge is -2.41. The Morgan fingerprint density at radius 3 is 2.56 bits per heavy atom. The highest BCUT2D eigenvalue weighted by Gasteiger charge is 2.27. The lowest BCUT2D eigenvalue weighted by molar-refractivity contribution is 0.0938.